The highest BCUT2D eigenvalue weighted by atomic mass is 16.1. The van der Waals surface area contributed by atoms with Gasteiger partial charge in [0.25, 0.3) is 5.56 Å². The van der Waals surface area contributed by atoms with E-state index in [1.807, 2.05) is 0 Å². The Morgan fingerprint density at radius 2 is 2.28 bits per heavy atom. The number of aromatic nitrogens is 2. The number of hydrogen-bond donors (Lipinski definition) is 2. The summed E-state index contributed by atoms with van der Waals surface area (Å²) >= 11 is 0. The molecule has 0 unspecified atom stereocenters. The van der Waals surface area contributed by atoms with Crippen molar-refractivity contribution in [2.45, 2.75) is 32.7 Å². The summed E-state index contributed by atoms with van der Waals surface area (Å²) in [5, 5.41) is 9.71. The van der Waals surface area contributed by atoms with Gasteiger partial charge in [-0.15, -0.1) is 0 Å². The van der Waals surface area contributed by atoms with Crippen LogP contribution in [0.15, 0.2) is 17.1 Å². The lowest BCUT2D eigenvalue weighted by molar-refractivity contribution is -0.120. The van der Waals surface area contributed by atoms with Crippen molar-refractivity contribution in [2.75, 3.05) is 18.9 Å². The fourth-order valence-electron chi connectivity index (χ4n) is 1.48. The smallest absolute Gasteiger partial charge is 0.268 e. The molecule has 2 N–H and O–H groups in total. The van der Waals surface area contributed by atoms with E-state index in [9.17, 15) is 9.59 Å². The van der Waals surface area contributed by atoms with Gasteiger partial charge in [-0.2, -0.15) is 5.10 Å². The molecule has 0 saturated heterocycles. The van der Waals surface area contributed by atoms with Crippen molar-refractivity contribution in [3.63, 3.8) is 0 Å². The lowest BCUT2D eigenvalue weighted by Crippen LogP contribution is -2.24. The lowest BCUT2D eigenvalue weighted by atomic mass is 10.3. The normalized spacial score (nSPS) is 10.1. The number of rotatable bonds is 7. The first-order valence-electron chi connectivity index (χ1n) is 6.19. The Morgan fingerprint density at radius 1 is 1.50 bits per heavy atom. The second-order valence-corrected chi connectivity index (χ2v) is 4.01. The van der Waals surface area contributed by atoms with Gasteiger partial charge in [0, 0.05) is 32.6 Å². The average Bonchev–Trinajstić information content (AvgIpc) is 2.38. The van der Waals surface area contributed by atoms with Gasteiger partial charge in [0.1, 0.15) is 0 Å². The number of amides is 1. The van der Waals surface area contributed by atoms with Crippen LogP contribution in [0.3, 0.4) is 0 Å². The van der Waals surface area contributed by atoms with Gasteiger partial charge in [0.2, 0.25) is 5.91 Å². The molecule has 100 valence electrons. The molecule has 18 heavy (non-hydrogen) atoms. The molecule has 0 aliphatic rings. The SMILES string of the molecule is CCCNc1cnn(CCCC(=O)NC)c(=O)c1. The summed E-state index contributed by atoms with van der Waals surface area (Å²) in [6, 6.07) is 1.53. The van der Waals surface area contributed by atoms with Crippen LogP contribution in [0, 0.1) is 0 Å². The molecule has 0 aliphatic carbocycles. The number of nitrogens with zero attached hydrogens (tertiary/aromatic N) is 2. The first-order valence-corrected chi connectivity index (χ1v) is 6.19. The third kappa shape index (κ3) is 4.57. The molecule has 0 fully saturated rings. The van der Waals surface area contributed by atoms with Gasteiger partial charge in [-0.3, -0.25) is 9.59 Å². The highest BCUT2D eigenvalue weighted by Gasteiger charge is 2.02. The number of carbonyl (C=O) groups excluding carboxylic acids is 1. The summed E-state index contributed by atoms with van der Waals surface area (Å²) in [6.07, 6.45) is 3.64. The minimum absolute atomic E-state index is 0.0238. The number of aryl methyl sites for hydroxylation is 1. The van der Waals surface area contributed by atoms with E-state index in [1.165, 1.54) is 10.7 Å². The molecular formula is C12H20N4O2. The predicted octanol–water partition coefficient (Wildman–Crippen LogP) is 0.591. The summed E-state index contributed by atoms with van der Waals surface area (Å²) in [5.74, 6) is -0.0238. The molecule has 0 aliphatic heterocycles. The third-order valence-corrected chi connectivity index (χ3v) is 2.50. The average molecular weight is 252 g/mol. The van der Waals surface area contributed by atoms with E-state index < -0.39 is 0 Å². The van der Waals surface area contributed by atoms with E-state index in [0.717, 1.165) is 18.7 Å². The van der Waals surface area contributed by atoms with Crippen LogP contribution in [0.5, 0.6) is 0 Å². The fourth-order valence-corrected chi connectivity index (χ4v) is 1.48. The molecule has 0 spiro atoms. The largest absolute Gasteiger partial charge is 0.384 e. The van der Waals surface area contributed by atoms with Crippen molar-refractivity contribution in [3.05, 3.63) is 22.6 Å². The maximum Gasteiger partial charge on any atom is 0.268 e. The van der Waals surface area contributed by atoms with E-state index in [-0.39, 0.29) is 11.5 Å². The number of anilines is 1. The molecule has 1 rings (SSSR count). The molecule has 0 radical (unpaired) electrons. The minimum atomic E-state index is -0.145. The van der Waals surface area contributed by atoms with Crippen molar-refractivity contribution in [2.24, 2.45) is 0 Å². The van der Waals surface area contributed by atoms with Crippen LogP contribution in [0.25, 0.3) is 0 Å². The summed E-state index contributed by atoms with van der Waals surface area (Å²) in [7, 11) is 1.60. The van der Waals surface area contributed by atoms with Gasteiger partial charge in [-0.05, 0) is 12.8 Å². The second kappa shape index (κ2) is 7.47. The monoisotopic (exact) mass is 252 g/mol. The lowest BCUT2D eigenvalue weighted by Gasteiger charge is -2.07. The molecule has 0 atom stereocenters. The van der Waals surface area contributed by atoms with Crippen molar-refractivity contribution in [1.82, 2.24) is 15.1 Å². The molecule has 1 heterocycles. The zero-order valence-corrected chi connectivity index (χ0v) is 10.9. The fraction of sp³-hybridized carbons (Fsp3) is 0.583. The maximum absolute atomic E-state index is 11.7. The first-order chi connectivity index (χ1) is 8.67. The van der Waals surface area contributed by atoms with Gasteiger partial charge in [-0.25, -0.2) is 4.68 Å². The molecular weight excluding hydrogens is 232 g/mol. The van der Waals surface area contributed by atoms with Crippen molar-refractivity contribution in [1.29, 1.82) is 0 Å². The van der Waals surface area contributed by atoms with E-state index in [4.69, 9.17) is 0 Å². The van der Waals surface area contributed by atoms with Gasteiger partial charge < -0.3 is 10.6 Å². The highest BCUT2D eigenvalue weighted by molar-refractivity contribution is 5.75. The number of nitrogens with one attached hydrogen (secondary N) is 2. The van der Waals surface area contributed by atoms with Crippen LogP contribution in [-0.2, 0) is 11.3 Å². The topological polar surface area (TPSA) is 76.0 Å². The van der Waals surface area contributed by atoms with Crippen LogP contribution in [0.1, 0.15) is 26.2 Å². The quantitative estimate of drug-likeness (QED) is 0.744. The summed E-state index contributed by atoms with van der Waals surface area (Å²) in [4.78, 5) is 22.7. The molecule has 6 nitrogen and oxygen atoms in total. The molecule has 6 heteroatoms. The second-order valence-electron chi connectivity index (χ2n) is 4.01. The first kappa shape index (κ1) is 14.2. The summed E-state index contributed by atoms with van der Waals surface area (Å²) < 4.78 is 1.38. The Morgan fingerprint density at radius 3 is 2.89 bits per heavy atom. The Labute approximate surface area is 106 Å². The zero-order valence-electron chi connectivity index (χ0n) is 10.9. The maximum atomic E-state index is 11.7. The molecule has 1 aromatic rings. The minimum Gasteiger partial charge on any atom is -0.384 e. The Balaban J connectivity index is 2.52. The van der Waals surface area contributed by atoms with Gasteiger partial charge in [-0.1, -0.05) is 6.92 Å². The van der Waals surface area contributed by atoms with E-state index in [0.29, 0.717) is 19.4 Å². The van der Waals surface area contributed by atoms with E-state index in [1.54, 1.807) is 13.2 Å². The number of carbonyl (C=O) groups is 1. The van der Waals surface area contributed by atoms with Crippen molar-refractivity contribution < 1.29 is 4.79 Å². The highest BCUT2D eigenvalue weighted by Crippen LogP contribution is 2.00. The molecule has 0 bridgehead atoms. The molecule has 1 aromatic heterocycles. The van der Waals surface area contributed by atoms with Crippen molar-refractivity contribution in [3.8, 4) is 0 Å². The van der Waals surface area contributed by atoms with E-state index >= 15 is 0 Å². The summed E-state index contributed by atoms with van der Waals surface area (Å²) in [5.41, 5.74) is 0.595. The molecule has 0 saturated carbocycles. The van der Waals surface area contributed by atoms with Gasteiger partial charge in [0.15, 0.2) is 0 Å². The van der Waals surface area contributed by atoms with Gasteiger partial charge >= 0.3 is 0 Å². The predicted molar refractivity (Wildman–Crippen MR) is 70.6 cm³/mol. The molecule has 0 aromatic carbocycles. The number of hydrogen-bond acceptors (Lipinski definition) is 4. The van der Waals surface area contributed by atoms with E-state index in [2.05, 4.69) is 22.7 Å². The Bertz CT molecular complexity index is 442. The zero-order chi connectivity index (χ0) is 13.4. The Kier molecular flexibility index (Phi) is 5.90. The Hall–Kier alpha value is -1.85. The van der Waals surface area contributed by atoms with Gasteiger partial charge in [0.05, 0.1) is 11.9 Å². The van der Waals surface area contributed by atoms with Crippen molar-refractivity contribution >= 4 is 11.6 Å². The molecule has 1 amide bonds. The van der Waals surface area contributed by atoms with Crippen LogP contribution in [0.4, 0.5) is 5.69 Å². The van der Waals surface area contributed by atoms with Crippen LogP contribution in [0.2, 0.25) is 0 Å². The third-order valence-electron chi connectivity index (χ3n) is 2.50. The standard InChI is InChI=1S/C12H20N4O2/c1-3-6-14-10-8-12(18)16(15-9-10)7-4-5-11(17)13-2/h8-9,14H,3-7H2,1-2H3,(H,13,17). The van der Waals surface area contributed by atoms with Crippen LogP contribution >= 0.6 is 0 Å². The van der Waals surface area contributed by atoms with Crippen LogP contribution < -0.4 is 16.2 Å². The van der Waals surface area contributed by atoms with Crippen LogP contribution in [-0.4, -0.2) is 29.3 Å². The summed E-state index contributed by atoms with van der Waals surface area (Å²) in [6.45, 7) is 3.34.